The van der Waals surface area contributed by atoms with Crippen LogP contribution in [0.1, 0.15) is 35.4 Å². The molecule has 1 unspecified atom stereocenters. The molecule has 4 heteroatoms. The molecule has 2 heterocycles. The van der Waals surface area contributed by atoms with Gasteiger partial charge in [0.15, 0.2) is 5.76 Å². The van der Waals surface area contributed by atoms with Crippen LogP contribution in [0.5, 0.6) is 0 Å². The summed E-state index contributed by atoms with van der Waals surface area (Å²) in [6, 6.07) is 1.97. The van der Waals surface area contributed by atoms with E-state index in [1.807, 2.05) is 17.9 Å². The summed E-state index contributed by atoms with van der Waals surface area (Å²) in [5, 5.41) is 0. The lowest BCUT2D eigenvalue weighted by Crippen LogP contribution is -2.44. The molecule has 1 saturated heterocycles. The van der Waals surface area contributed by atoms with Gasteiger partial charge in [-0.25, -0.2) is 0 Å². The van der Waals surface area contributed by atoms with Gasteiger partial charge in [-0.05, 0) is 32.3 Å². The quantitative estimate of drug-likeness (QED) is 0.746. The Morgan fingerprint density at radius 3 is 3.06 bits per heavy atom. The van der Waals surface area contributed by atoms with Crippen LogP contribution in [0, 0.1) is 6.92 Å². The summed E-state index contributed by atoms with van der Waals surface area (Å²) in [4.78, 5) is 14.1. The molecule has 0 aromatic carbocycles. The summed E-state index contributed by atoms with van der Waals surface area (Å²) in [5.74, 6) is 0.941. The second-order valence-electron chi connectivity index (χ2n) is 4.24. The van der Waals surface area contributed by atoms with Crippen LogP contribution in [0.4, 0.5) is 0 Å². The van der Waals surface area contributed by atoms with E-state index in [0.717, 1.165) is 31.4 Å². The highest BCUT2D eigenvalue weighted by atomic mass is 35.5. The molecule has 1 amide bonds. The minimum absolute atomic E-state index is 0.0205. The van der Waals surface area contributed by atoms with Crippen molar-refractivity contribution >= 4 is 17.5 Å². The van der Waals surface area contributed by atoms with Gasteiger partial charge >= 0.3 is 0 Å². The minimum Gasteiger partial charge on any atom is -0.459 e. The van der Waals surface area contributed by atoms with Crippen LogP contribution >= 0.6 is 11.6 Å². The van der Waals surface area contributed by atoms with Crippen LogP contribution in [-0.4, -0.2) is 29.3 Å². The number of alkyl halides is 1. The zero-order chi connectivity index (χ0) is 11.5. The fraction of sp³-hybridized carbons (Fsp3) is 0.583. The number of carbonyl (C=O) groups is 1. The number of amides is 1. The normalized spacial score (nSPS) is 21.1. The predicted molar refractivity (Wildman–Crippen MR) is 62.8 cm³/mol. The second kappa shape index (κ2) is 4.91. The molecule has 1 aromatic heterocycles. The lowest BCUT2D eigenvalue weighted by molar-refractivity contribution is 0.0605. The van der Waals surface area contributed by atoms with E-state index >= 15 is 0 Å². The van der Waals surface area contributed by atoms with Gasteiger partial charge in [-0.2, -0.15) is 0 Å². The molecule has 1 aromatic rings. The van der Waals surface area contributed by atoms with Crippen molar-refractivity contribution in [3.8, 4) is 0 Å². The second-order valence-corrected chi connectivity index (χ2v) is 4.54. The van der Waals surface area contributed by atoms with E-state index in [-0.39, 0.29) is 11.9 Å². The Kier molecular flexibility index (Phi) is 3.54. The SMILES string of the molecule is Cc1ccoc1C(=O)N1CCCCC1CCl. The number of aryl methyl sites for hydroxylation is 1. The number of piperidine rings is 1. The van der Waals surface area contributed by atoms with E-state index in [0.29, 0.717) is 11.6 Å². The first-order valence-electron chi connectivity index (χ1n) is 5.65. The van der Waals surface area contributed by atoms with Crippen molar-refractivity contribution in [1.29, 1.82) is 0 Å². The largest absolute Gasteiger partial charge is 0.459 e. The highest BCUT2D eigenvalue weighted by Gasteiger charge is 2.29. The maximum Gasteiger partial charge on any atom is 0.290 e. The van der Waals surface area contributed by atoms with Gasteiger partial charge in [0.2, 0.25) is 0 Å². The Hall–Kier alpha value is -0.960. The number of hydrogen-bond acceptors (Lipinski definition) is 2. The number of hydrogen-bond donors (Lipinski definition) is 0. The summed E-state index contributed by atoms with van der Waals surface area (Å²) in [6.45, 7) is 2.67. The first kappa shape index (κ1) is 11.5. The van der Waals surface area contributed by atoms with Crippen molar-refractivity contribution in [2.45, 2.75) is 32.2 Å². The van der Waals surface area contributed by atoms with Gasteiger partial charge in [0.05, 0.1) is 6.26 Å². The van der Waals surface area contributed by atoms with Gasteiger partial charge in [0.25, 0.3) is 5.91 Å². The highest BCUT2D eigenvalue weighted by Crippen LogP contribution is 2.22. The third-order valence-corrected chi connectivity index (χ3v) is 3.48. The zero-order valence-corrected chi connectivity index (χ0v) is 10.2. The fourth-order valence-corrected chi connectivity index (χ4v) is 2.47. The Balaban J connectivity index is 2.17. The molecule has 88 valence electrons. The number of nitrogens with zero attached hydrogens (tertiary/aromatic N) is 1. The molecule has 16 heavy (non-hydrogen) atoms. The summed E-state index contributed by atoms with van der Waals surface area (Å²) in [5.41, 5.74) is 0.892. The predicted octanol–water partition coefficient (Wildman–Crippen LogP) is 2.82. The topological polar surface area (TPSA) is 33.5 Å². The Bertz CT molecular complexity index is 375. The molecule has 1 aliphatic rings. The Morgan fingerprint density at radius 1 is 1.62 bits per heavy atom. The smallest absolute Gasteiger partial charge is 0.290 e. The minimum atomic E-state index is -0.0205. The molecule has 0 bridgehead atoms. The van der Waals surface area contributed by atoms with E-state index in [2.05, 4.69) is 0 Å². The van der Waals surface area contributed by atoms with Crippen LogP contribution in [0.15, 0.2) is 16.7 Å². The maximum atomic E-state index is 12.2. The van der Waals surface area contributed by atoms with Gasteiger partial charge in [0.1, 0.15) is 0 Å². The molecular formula is C12H16ClNO2. The highest BCUT2D eigenvalue weighted by molar-refractivity contribution is 6.18. The Morgan fingerprint density at radius 2 is 2.44 bits per heavy atom. The lowest BCUT2D eigenvalue weighted by atomic mass is 10.0. The first-order valence-corrected chi connectivity index (χ1v) is 6.18. The van der Waals surface area contributed by atoms with E-state index in [9.17, 15) is 4.79 Å². The number of carbonyl (C=O) groups excluding carboxylic acids is 1. The molecule has 0 aliphatic carbocycles. The van der Waals surface area contributed by atoms with Crippen LogP contribution < -0.4 is 0 Å². The summed E-state index contributed by atoms with van der Waals surface area (Å²) in [6.07, 6.45) is 4.76. The first-order chi connectivity index (χ1) is 7.74. The maximum absolute atomic E-state index is 12.2. The lowest BCUT2D eigenvalue weighted by Gasteiger charge is -2.34. The molecule has 3 nitrogen and oxygen atoms in total. The number of rotatable bonds is 2. The molecule has 1 aliphatic heterocycles. The van der Waals surface area contributed by atoms with Gasteiger partial charge < -0.3 is 9.32 Å². The zero-order valence-electron chi connectivity index (χ0n) is 9.41. The van der Waals surface area contributed by atoms with Crippen molar-refractivity contribution in [1.82, 2.24) is 4.90 Å². The van der Waals surface area contributed by atoms with Crippen molar-refractivity contribution in [2.24, 2.45) is 0 Å². The molecule has 2 rings (SSSR count). The Labute approximate surface area is 100 Å². The average Bonchev–Trinajstić information content (AvgIpc) is 2.74. The molecule has 0 radical (unpaired) electrons. The van der Waals surface area contributed by atoms with E-state index < -0.39 is 0 Å². The average molecular weight is 242 g/mol. The number of likely N-dealkylation sites (tertiary alicyclic amines) is 1. The van der Waals surface area contributed by atoms with E-state index in [1.165, 1.54) is 0 Å². The molecule has 1 fully saturated rings. The molecule has 0 N–H and O–H groups in total. The molecular weight excluding hydrogens is 226 g/mol. The monoisotopic (exact) mass is 241 g/mol. The molecule has 0 saturated carbocycles. The van der Waals surface area contributed by atoms with Crippen molar-refractivity contribution < 1.29 is 9.21 Å². The van der Waals surface area contributed by atoms with Gasteiger partial charge in [-0.3, -0.25) is 4.79 Å². The van der Waals surface area contributed by atoms with Crippen LogP contribution in [-0.2, 0) is 0 Å². The third kappa shape index (κ3) is 2.09. The molecule has 0 spiro atoms. The van der Waals surface area contributed by atoms with Crippen LogP contribution in [0.2, 0.25) is 0 Å². The van der Waals surface area contributed by atoms with E-state index in [1.54, 1.807) is 6.26 Å². The van der Waals surface area contributed by atoms with Crippen LogP contribution in [0.3, 0.4) is 0 Å². The van der Waals surface area contributed by atoms with E-state index in [4.69, 9.17) is 16.0 Å². The summed E-state index contributed by atoms with van der Waals surface area (Å²) >= 11 is 5.90. The number of halogens is 1. The number of furan rings is 1. The van der Waals surface area contributed by atoms with Crippen molar-refractivity contribution in [2.75, 3.05) is 12.4 Å². The fourth-order valence-electron chi connectivity index (χ4n) is 2.15. The third-order valence-electron chi connectivity index (χ3n) is 3.12. The summed E-state index contributed by atoms with van der Waals surface area (Å²) in [7, 11) is 0. The summed E-state index contributed by atoms with van der Waals surface area (Å²) < 4.78 is 5.24. The standard InChI is InChI=1S/C12H16ClNO2/c1-9-5-7-16-11(9)12(15)14-6-3-2-4-10(14)8-13/h5,7,10H,2-4,6,8H2,1H3. The van der Waals surface area contributed by atoms with Crippen LogP contribution in [0.25, 0.3) is 0 Å². The van der Waals surface area contributed by atoms with Crippen molar-refractivity contribution in [3.05, 3.63) is 23.7 Å². The molecule has 1 atom stereocenters. The van der Waals surface area contributed by atoms with Gasteiger partial charge in [-0.15, -0.1) is 11.6 Å². The van der Waals surface area contributed by atoms with Gasteiger partial charge in [-0.1, -0.05) is 0 Å². The van der Waals surface area contributed by atoms with Crippen molar-refractivity contribution in [3.63, 3.8) is 0 Å². The van der Waals surface area contributed by atoms with Gasteiger partial charge in [0, 0.05) is 24.0 Å².